The Morgan fingerprint density at radius 2 is 1.15 bits per heavy atom. The molecule has 0 aromatic rings. The van der Waals surface area contributed by atoms with E-state index in [1.807, 2.05) is 34.6 Å². The second-order valence-corrected chi connectivity index (χ2v) is 9.32. The molecule has 0 aliphatic rings. The molecule has 4 N–H and O–H groups in total. The molecular weight excluding hydrogens is 344 g/mol. The zero-order valence-electron chi connectivity index (χ0n) is 18.7. The van der Waals surface area contributed by atoms with Gasteiger partial charge in [0, 0.05) is 18.5 Å². The van der Waals surface area contributed by atoms with Crippen molar-refractivity contribution in [3.05, 3.63) is 0 Å². The van der Waals surface area contributed by atoms with Gasteiger partial charge in [-0.3, -0.25) is 9.59 Å². The van der Waals surface area contributed by atoms with Crippen LogP contribution in [0.25, 0.3) is 0 Å². The van der Waals surface area contributed by atoms with Crippen LogP contribution < -0.4 is 10.6 Å². The van der Waals surface area contributed by atoms with Gasteiger partial charge in [-0.15, -0.1) is 0 Å². The van der Waals surface area contributed by atoms with E-state index in [2.05, 4.69) is 24.5 Å². The molecule has 6 nitrogen and oxygen atoms in total. The van der Waals surface area contributed by atoms with Crippen molar-refractivity contribution in [3.8, 4) is 0 Å². The quantitative estimate of drug-likeness (QED) is 0.438. The topological polar surface area (TPSA) is 98.7 Å². The molecule has 5 unspecified atom stereocenters. The summed E-state index contributed by atoms with van der Waals surface area (Å²) < 4.78 is 0. The van der Waals surface area contributed by atoms with E-state index in [0.29, 0.717) is 6.42 Å². The van der Waals surface area contributed by atoms with E-state index in [1.54, 1.807) is 13.8 Å². The van der Waals surface area contributed by atoms with E-state index in [-0.39, 0.29) is 42.7 Å². The van der Waals surface area contributed by atoms with Crippen molar-refractivity contribution in [2.24, 2.45) is 28.6 Å². The maximum Gasteiger partial charge on any atom is 0.226 e. The van der Waals surface area contributed by atoms with Gasteiger partial charge in [0.15, 0.2) is 0 Å². The summed E-state index contributed by atoms with van der Waals surface area (Å²) in [5.41, 5.74) is -1.54. The minimum absolute atomic E-state index is 0.00903. The van der Waals surface area contributed by atoms with Gasteiger partial charge in [0.05, 0.1) is 17.6 Å². The predicted octanol–water partition coefficient (Wildman–Crippen LogP) is 2.33. The minimum Gasteiger partial charge on any atom is -0.392 e. The standard InChI is InChI=1S/C21H42N2O4/c1-13(2)17(7)21(9,19(27)23-11-16(6)25)12-20(8,14(3)4)18(26)22-10-15(5)24/h13-17,24-25H,10-12H2,1-9H3,(H,22,26)(H,23,27). The average Bonchev–Trinajstić information content (AvgIpc) is 2.55. The number of rotatable bonds is 11. The first-order valence-electron chi connectivity index (χ1n) is 10.1. The fourth-order valence-corrected chi connectivity index (χ4v) is 3.38. The van der Waals surface area contributed by atoms with Gasteiger partial charge < -0.3 is 20.8 Å². The summed E-state index contributed by atoms with van der Waals surface area (Å²) in [6.45, 7) is 17.6. The van der Waals surface area contributed by atoms with Gasteiger partial charge in [-0.05, 0) is 38.0 Å². The van der Waals surface area contributed by atoms with E-state index < -0.39 is 23.0 Å². The molecule has 0 fully saturated rings. The van der Waals surface area contributed by atoms with E-state index in [9.17, 15) is 19.8 Å². The summed E-state index contributed by atoms with van der Waals surface area (Å²) in [5.74, 6) is 0.0110. The molecule has 0 bridgehead atoms. The van der Waals surface area contributed by atoms with E-state index in [4.69, 9.17) is 0 Å². The highest BCUT2D eigenvalue weighted by Gasteiger charge is 2.49. The van der Waals surface area contributed by atoms with Gasteiger partial charge in [0.2, 0.25) is 11.8 Å². The number of aliphatic hydroxyl groups is 2. The molecule has 0 aromatic carbocycles. The zero-order valence-corrected chi connectivity index (χ0v) is 18.7. The van der Waals surface area contributed by atoms with E-state index >= 15 is 0 Å². The van der Waals surface area contributed by atoms with Gasteiger partial charge in [0.1, 0.15) is 0 Å². The van der Waals surface area contributed by atoms with Crippen LogP contribution in [0.15, 0.2) is 0 Å². The summed E-state index contributed by atoms with van der Waals surface area (Å²) in [7, 11) is 0. The molecule has 0 aliphatic carbocycles. The highest BCUT2D eigenvalue weighted by molar-refractivity contribution is 5.86. The molecule has 2 amide bonds. The second-order valence-electron chi connectivity index (χ2n) is 9.32. The Bertz CT molecular complexity index is 491. The Hall–Kier alpha value is -1.14. The van der Waals surface area contributed by atoms with Crippen molar-refractivity contribution in [2.45, 2.75) is 80.9 Å². The summed E-state index contributed by atoms with van der Waals surface area (Å²) in [4.78, 5) is 26.1. The number of hydrogen-bond acceptors (Lipinski definition) is 4. The fraction of sp³-hybridized carbons (Fsp3) is 0.905. The van der Waals surface area contributed by atoms with Gasteiger partial charge >= 0.3 is 0 Å². The summed E-state index contributed by atoms with van der Waals surface area (Å²) in [5, 5.41) is 24.7. The number of nitrogens with one attached hydrogen (secondary N) is 2. The molecule has 0 heterocycles. The Labute approximate surface area is 165 Å². The maximum absolute atomic E-state index is 13.1. The smallest absolute Gasteiger partial charge is 0.226 e. The van der Waals surface area contributed by atoms with Crippen LogP contribution in [0, 0.1) is 28.6 Å². The lowest BCUT2D eigenvalue weighted by atomic mass is 9.60. The Morgan fingerprint density at radius 1 is 0.778 bits per heavy atom. The SMILES string of the molecule is CC(O)CNC(=O)C(C)(CC(C)(C(=O)NCC(C)O)C(C)C(C)C)C(C)C. The molecule has 0 rings (SSSR count). The maximum atomic E-state index is 13.1. The fourth-order valence-electron chi connectivity index (χ4n) is 3.38. The molecule has 6 heteroatoms. The van der Waals surface area contributed by atoms with Crippen LogP contribution in [0.4, 0.5) is 0 Å². The molecular formula is C21H42N2O4. The van der Waals surface area contributed by atoms with Crippen LogP contribution in [0.2, 0.25) is 0 Å². The van der Waals surface area contributed by atoms with Crippen LogP contribution in [0.1, 0.15) is 68.7 Å². The third-order valence-corrected chi connectivity index (χ3v) is 6.17. The lowest BCUT2D eigenvalue weighted by molar-refractivity contribution is -0.144. The van der Waals surface area contributed by atoms with Crippen molar-refractivity contribution in [1.29, 1.82) is 0 Å². The van der Waals surface area contributed by atoms with Crippen LogP contribution in [0.5, 0.6) is 0 Å². The lowest BCUT2D eigenvalue weighted by Crippen LogP contribution is -2.53. The monoisotopic (exact) mass is 386 g/mol. The zero-order chi connectivity index (χ0) is 21.6. The molecule has 0 saturated carbocycles. The van der Waals surface area contributed by atoms with Gasteiger partial charge in [-0.2, -0.15) is 0 Å². The van der Waals surface area contributed by atoms with Crippen LogP contribution in [-0.4, -0.2) is 47.3 Å². The predicted molar refractivity (Wildman–Crippen MR) is 109 cm³/mol. The molecule has 160 valence electrons. The number of aliphatic hydroxyl groups excluding tert-OH is 2. The first-order valence-corrected chi connectivity index (χ1v) is 10.1. The first-order chi connectivity index (χ1) is 12.2. The highest BCUT2D eigenvalue weighted by atomic mass is 16.3. The molecule has 5 atom stereocenters. The molecule has 0 aliphatic heterocycles. The highest BCUT2D eigenvalue weighted by Crippen LogP contribution is 2.46. The van der Waals surface area contributed by atoms with Crippen molar-refractivity contribution in [2.75, 3.05) is 13.1 Å². The normalized spacial score (nSPS) is 19.7. The summed E-state index contributed by atoms with van der Waals surface area (Å²) >= 11 is 0. The summed E-state index contributed by atoms with van der Waals surface area (Å²) in [6.07, 6.45) is -0.868. The number of hydrogen-bond donors (Lipinski definition) is 4. The number of amides is 2. The van der Waals surface area contributed by atoms with Crippen LogP contribution >= 0.6 is 0 Å². The molecule has 0 spiro atoms. The van der Waals surface area contributed by atoms with E-state index in [0.717, 1.165) is 0 Å². The molecule has 0 aromatic heterocycles. The van der Waals surface area contributed by atoms with Gasteiger partial charge in [-0.1, -0.05) is 48.5 Å². The minimum atomic E-state index is -0.774. The average molecular weight is 387 g/mol. The largest absolute Gasteiger partial charge is 0.392 e. The van der Waals surface area contributed by atoms with Crippen molar-refractivity contribution >= 4 is 11.8 Å². The Balaban J connectivity index is 5.80. The molecule has 27 heavy (non-hydrogen) atoms. The van der Waals surface area contributed by atoms with Crippen LogP contribution in [-0.2, 0) is 9.59 Å². The molecule has 0 radical (unpaired) electrons. The third-order valence-electron chi connectivity index (χ3n) is 6.17. The summed E-state index contributed by atoms with van der Waals surface area (Å²) in [6, 6.07) is 0. The van der Waals surface area contributed by atoms with E-state index in [1.165, 1.54) is 0 Å². The Kier molecular flexibility index (Phi) is 9.98. The van der Waals surface area contributed by atoms with Crippen molar-refractivity contribution < 1.29 is 19.8 Å². The lowest BCUT2D eigenvalue weighted by Gasteiger charge is -2.44. The van der Waals surface area contributed by atoms with Crippen molar-refractivity contribution in [1.82, 2.24) is 10.6 Å². The van der Waals surface area contributed by atoms with Crippen molar-refractivity contribution in [3.63, 3.8) is 0 Å². The molecule has 0 saturated heterocycles. The second kappa shape index (κ2) is 10.4. The van der Waals surface area contributed by atoms with Gasteiger partial charge in [0.25, 0.3) is 0 Å². The number of carbonyl (C=O) groups excluding carboxylic acids is 2. The van der Waals surface area contributed by atoms with Crippen LogP contribution in [0.3, 0.4) is 0 Å². The third kappa shape index (κ3) is 7.07. The number of carbonyl (C=O) groups is 2. The first kappa shape index (κ1) is 25.9. The van der Waals surface area contributed by atoms with Gasteiger partial charge in [-0.25, -0.2) is 0 Å². The Morgan fingerprint density at radius 3 is 1.44 bits per heavy atom.